The molecule has 1 saturated carbocycles. The second-order valence-corrected chi connectivity index (χ2v) is 7.21. The fourth-order valence-electron chi connectivity index (χ4n) is 3.05. The second-order valence-electron chi connectivity index (χ2n) is 7.21. The molecule has 1 heterocycles. The van der Waals surface area contributed by atoms with E-state index in [0.29, 0.717) is 17.3 Å². The number of esters is 1. The maximum absolute atomic E-state index is 11.9. The normalized spacial score (nSPS) is 28.5. The van der Waals surface area contributed by atoms with Gasteiger partial charge in [0.05, 0.1) is 23.9 Å². The Hall–Kier alpha value is -1.33. The van der Waals surface area contributed by atoms with Crippen LogP contribution in [0.2, 0.25) is 5.82 Å². The largest absolute Gasteiger partial charge is 0.465 e. The summed E-state index contributed by atoms with van der Waals surface area (Å²) in [4.78, 5) is 11.9. The Morgan fingerprint density at radius 1 is 1.18 bits per heavy atom. The summed E-state index contributed by atoms with van der Waals surface area (Å²) < 4.78 is 17.1. The van der Waals surface area contributed by atoms with Gasteiger partial charge in [0, 0.05) is 5.82 Å². The van der Waals surface area contributed by atoms with Crippen molar-refractivity contribution in [3.63, 3.8) is 0 Å². The third-order valence-electron chi connectivity index (χ3n) is 5.23. The number of ether oxygens (including phenoxy) is 1. The highest BCUT2D eigenvalue weighted by Gasteiger charge is 2.60. The van der Waals surface area contributed by atoms with E-state index in [1.165, 1.54) is 7.11 Å². The van der Waals surface area contributed by atoms with Crippen LogP contribution in [0.25, 0.3) is 0 Å². The van der Waals surface area contributed by atoms with Gasteiger partial charge in [0.2, 0.25) is 0 Å². The first-order valence-corrected chi connectivity index (χ1v) is 7.80. The minimum atomic E-state index is -0.313. The average Bonchev–Trinajstić information content (AvgIpc) is 3.21. The molecule has 1 saturated heterocycles. The highest BCUT2D eigenvalue weighted by Crippen LogP contribution is 2.58. The van der Waals surface area contributed by atoms with Gasteiger partial charge in [-0.3, -0.25) is 0 Å². The Labute approximate surface area is 132 Å². The molecule has 0 N–H and O–H groups in total. The first kappa shape index (κ1) is 15.6. The molecule has 1 aromatic rings. The van der Waals surface area contributed by atoms with Gasteiger partial charge in [-0.1, -0.05) is 18.2 Å². The van der Waals surface area contributed by atoms with Gasteiger partial charge in [0.1, 0.15) is 0 Å². The third-order valence-corrected chi connectivity index (χ3v) is 5.23. The molecule has 1 aliphatic carbocycles. The lowest BCUT2D eigenvalue weighted by molar-refractivity contribution is 0.00578. The van der Waals surface area contributed by atoms with Crippen LogP contribution >= 0.6 is 0 Å². The van der Waals surface area contributed by atoms with Gasteiger partial charge in [-0.25, -0.2) is 4.79 Å². The van der Waals surface area contributed by atoms with Gasteiger partial charge in [-0.2, -0.15) is 0 Å². The summed E-state index contributed by atoms with van der Waals surface area (Å²) >= 11 is 0. The summed E-state index contributed by atoms with van der Waals surface area (Å²) in [5.74, 6) is 0.312. The fraction of sp³-hybridized carbons (Fsp3) is 0.588. The van der Waals surface area contributed by atoms with E-state index in [2.05, 4.69) is 27.7 Å². The minimum Gasteiger partial charge on any atom is -0.465 e. The molecule has 4 nitrogen and oxygen atoms in total. The van der Waals surface area contributed by atoms with E-state index in [-0.39, 0.29) is 24.3 Å². The molecule has 2 atom stereocenters. The number of hydrogen-bond donors (Lipinski definition) is 0. The highest BCUT2D eigenvalue weighted by molar-refractivity contribution is 6.49. The minimum absolute atomic E-state index is 0.208. The first-order chi connectivity index (χ1) is 10.3. The Bertz CT molecular complexity index is 580. The number of rotatable bonds is 3. The number of hydrogen-bond acceptors (Lipinski definition) is 4. The molecular weight excluding hydrogens is 279 g/mol. The molecule has 2 fully saturated rings. The van der Waals surface area contributed by atoms with Crippen molar-refractivity contribution >= 4 is 13.1 Å². The van der Waals surface area contributed by atoms with E-state index in [9.17, 15) is 4.79 Å². The molecule has 0 unspecified atom stereocenters. The summed E-state index contributed by atoms with van der Waals surface area (Å²) in [5.41, 5.74) is 1.06. The Balaban J connectivity index is 1.78. The van der Waals surface area contributed by atoms with Crippen molar-refractivity contribution in [3.05, 3.63) is 35.4 Å². The van der Waals surface area contributed by atoms with E-state index < -0.39 is 0 Å². The molecule has 0 radical (unpaired) electrons. The van der Waals surface area contributed by atoms with Crippen molar-refractivity contribution in [2.24, 2.45) is 0 Å². The van der Waals surface area contributed by atoms with Crippen molar-refractivity contribution in [2.45, 2.75) is 57.1 Å². The molecule has 0 aromatic heterocycles. The number of methoxy groups -OCH3 is 1. The molecule has 22 heavy (non-hydrogen) atoms. The summed E-state index contributed by atoms with van der Waals surface area (Å²) in [5, 5.41) is 0. The molecule has 1 aromatic carbocycles. The summed E-state index contributed by atoms with van der Waals surface area (Å²) in [6.07, 6.45) is 0.977. The maximum atomic E-state index is 11.9. The lowest BCUT2D eigenvalue weighted by Gasteiger charge is -2.32. The fourth-order valence-corrected chi connectivity index (χ4v) is 3.05. The van der Waals surface area contributed by atoms with Crippen LogP contribution < -0.4 is 0 Å². The van der Waals surface area contributed by atoms with Crippen LogP contribution in [0.5, 0.6) is 0 Å². The van der Waals surface area contributed by atoms with Crippen LogP contribution in [-0.2, 0) is 14.0 Å². The van der Waals surface area contributed by atoms with E-state index in [4.69, 9.17) is 14.0 Å². The zero-order valence-corrected chi connectivity index (χ0v) is 13.9. The lowest BCUT2D eigenvalue weighted by atomic mass is 9.79. The van der Waals surface area contributed by atoms with Gasteiger partial charge in [0.15, 0.2) is 0 Å². The van der Waals surface area contributed by atoms with Crippen LogP contribution in [0.1, 0.15) is 56.0 Å². The Kier molecular flexibility index (Phi) is 3.61. The smallest absolute Gasteiger partial charge is 0.461 e. The van der Waals surface area contributed by atoms with Crippen molar-refractivity contribution < 1.29 is 18.8 Å². The zero-order chi connectivity index (χ0) is 16.1. The van der Waals surface area contributed by atoms with Crippen LogP contribution in [0.3, 0.4) is 0 Å². The quantitative estimate of drug-likeness (QED) is 0.634. The molecular formula is C17H23BO4. The van der Waals surface area contributed by atoms with Crippen molar-refractivity contribution in [3.8, 4) is 0 Å². The van der Waals surface area contributed by atoms with Crippen molar-refractivity contribution in [2.75, 3.05) is 7.11 Å². The molecule has 0 amide bonds. The zero-order valence-electron chi connectivity index (χ0n) is 13.9. The van der Waals surface area contributed by atoms with E-state index in [0.717, 1.165) is 12.0 Å². The van der Waals surface area contributed by atoms with E-state index in [1.54, 1.807) is 0 Å². The standard InChI is InChI=1S/C17H23BO4/c1-16(2)17(3,4)22-18(21-16)14-10-13(14)11-8-6-7-9-12(11)15(19)20-5/h6-9,13-14H,10H2,1-5H3/t13-,14+/m0/s1. The highest BCUT2D eigenvalue weighted by atomic mass is 16.7. The third kappa shape index (κ3) is 2.46. The topological polar surface area (TPSA) is 44.8 Å². The lowest BCUT2D eigenvalue weighted by Crippen LogP contribution is -2.41. The monoisotopic (exact) mass is 302 g/mol. The predicted molar refractivity (Wildman–Crippen MR) is 85.0 cm³/mol. The first-order valence-electron chi connectivity index (χ1n) is 7.80. The summed E-state index contributed by atoms with van der Waals surface area (Å²) in [7, 11) is 1.21. The summed E-state index contributed by atoms with van der Waals surface area (Å²) in [6, 6.07) is 7.65. The molecule has 5 heteroatoms. The molecule has 3 rings (SSSR count). The number of carbonyl (C=O) groups is 1. The molecule has 2 aliphatic rings. The van der Waals surface area contributed by atoms with Crippen LogP contribution in [0.15, 0.2) is 24.3 Å². The van der Waals surface area contributed by atoms with Crippen LogP contribution in [0.4, 0.5) is 0 Å². The predicted octanol–water partition coefficient (Wildman–Crippen LogP) is 3.42. The van der Waals surface area contributed by atoms with Gasteiger partial charge in [-0.15, -0.1) is 0 Å². The number of carbonyl (C=O) groups excluding carboxylic acids is 1. The van der Waals surface area contributed by atoms with Gasteiger partial charge in [0.25, 0.3) is 0 Å². The molecule has 0 bridgehead atoms. The summed E-state index contributed by atoms with van der Waals surface area (Å²) in [6.45, 7) is 8.25. The second kappa shape index (κ2) is 5.10. The SMILES string of the molecule is COC(=O)c1ccccc1[C@@H]1C[C@H]1B1OC(C)(C)C(C)(C)O1. The van der Waals surface area contributed by atoms with Crippen molar-refractivity contribution in [1.29, 1.82) is 0 Å². The number of benzene rings is 1. The van der Waals surface area contributed by atoms with Crippen molar-refractivity contribution in [1.82, 2.24) is 0 Å². The van der Waals surface area contributed by atoms with Crippen LogP contribution in [0, 0.1) is 0 Å². The van der Waals surface area contributed by atoms with E-state index >= 15 is 0 Å². The molecule has 0 spiro atoms. The Morgan fingerprint density at radius 2 is 1.77 bits per heavy atom. The van der Waals surface area contributed by atoms with Gasteiger partial charge in [-0.05, 0) is 51.7 Å². The van der Waals surface area contributed by atoms with Gasteiger partial charge < -0.3 is 14.0 Å². The Morgan fingerprint density at radius 3 is 2.36 bits per heavy atom. The maximum Gasteiger partial charge on any atom is 0.461 e. The molecule has 118 valence electrons. The average molecular weight is 302 g/mol. The van der Waals surface area contributed by atoms with Crippen LogP contribution in [-0.4, -0.2) is 31.4 Å². The molecule has 1 aliphatic heterocycles. The van der Waals surface area contributed by atoms with Gasteiger partial charge >= 0.3 is 13.1 Å². The van der Waals surface area contributed by atoms with E-state index in [1.807, 2.05) is 24.3 Å².